The van der Waals surface area contributed by atoms with E-state index < -0.39 is 11.2 Å². The molecule has 98 valence electrons. The number of nitrogens with zero attached hydrogens (tertiary/aromatic N) is 1. The van der Waals surface area contributed by atoms with Crippen LogP contribution in [0.25, 0.3) is 0 Å². The zero-order valence-electron chi connectivity index (χ0n) is 10.3. The van der Waals surface area contributed by atoms with Crippen molar-refractivity contribution in [3.63, 3.8) is 0 Å². The zero-order chi connectivity index (χ0) is 13.1. The van der Waals surface area contributed by atoms with Crippen LogP contribution in [0.3, 0.4) is 0 Å². The predicted octanol–water partition coefficient (Wildman–Crippen LogP) is 2.26. The van der Waals surface area contributed by atoms with E-state index in [2.05, 4.69) is 4.84 Å². The Labute approximate surface area is 101 Å². The number of ether oxygens (including phenoxy) is 1. The molecule has 6 nitrogen and oxygen atoms in total. The highest BCUT2D eigenvalue weighted by atomic mass is 17.0. The molecule has 0 spiro atoms. The number of hydrogen-bond donors (Lipinski definition) is 0. The average molecular weight is 245 g/mol. The van der Waals surface area contributed by atoms with Gasteiger partial charge in [-0.15, -0.1) is 10.1 Å². The maximum atomic E-state index is 11.2. The molecule has 6 heteroatoms. The highest BCUT2D eigenvalue weighted by Crippen LogP contribution is 2.01. The van der Waals surface area contributed by atoms with Crippen molar-refractivity contribution in [2.45, 2.75) is 45.6 Å². The molecule has 0 aliphatic heterocycles. The van der Waals surface area contributed by atoms with Gasteiger partial charge in [0.05, 0.1) is 0 Å². The quantitative estimate of drug-likeness (QED) is 0.205. The summed E-state index contributed by atoms with van der Waals surface area (Å²) in [6, 6.07) is 0. The molecule has 0 radical (unpaired) electrons. The number of hydrogen-bond acceptors (Lipinski definition) is 5. The minimum Gasteiger partial charge on any atom is -0.463 e. The molecule has 0 saturated carbocycles. The Kier molecular flexibility index (Phi) is 8.72. The molecule has 0 saturated heterocycles. The van der Waals surface area contributed by atoms with Gasteiger partial charge in [-0.1, -0.05) is 19.1 Å². The van der Waals surface area contributed by atoms with E-state index in [4.69, 9.17) is 4.74 Å². The molecule has 1 unspecified atom stereocenters. The van der Waals surface area contributed by atoms with Gasteiger partial charge in [-0.3, -0.25) is 4.79 Å². The summed E-state index contributed by atoms with van der Waals surface area (Å²) in [7, 11) is 0. The summed E-state index contributed by atoms with van der Waals surface area (Å²) in [4.78, 5) is 25.3. The van der Waals surface area contributed by atoms with Crippen LogP contribution in [0.2, 0.25) is 0 Å². The standard InChI is InChI=1S/C11H19NO5/c1-3-4-5-6-7-8-11(13)16-9-10(2)17-12(14)15/h4-5,10H,3,6-9H2,1-2H3. The maximum Gasteiger partial charge on any atom is 0.305 e. The highest BCUT2D eigenvalue weighted by Gasteiger charge is 2.10. The molecule has 0 aromatic heterocycles. The third-order valence-corrected chi connectivity index (χ3v) is 1.90. The fraction of sp³-hybridized carbons (Fsp3) is 0.727. The van der Waals surface area contributed by atoms with Crippen molar-refractivity contribution >= 4 is 5.97 Å². The highest BCUT2D eigenvalue weighted by molar-refractivity contribution is 5.69. The lowest BCUT2D eigenvalue weighted by atomic mass is 10.2. The normalized spacial score (nSPS) is 12.4. The van der Waals surface area contributed by atoms with Gasteiger partial charge in [0.2, 0.25) is 0 Å². The van der Waals surface area contributed by atoms with E-state index >= 15 is 0 Å². The second kappa shape index (κ2) is 9.62. The second-order valence-corrected chi connectivity index (χ2v) is 3.59. The summed E-state index contributed by atoms with van der Waals surface area (Å²) in [5.41, 5.74) is 0. The van der Waals surface area contributed by atoms with Crippen molar-refractivity contribution < 1.29 is 19.5 Å². The van der Waals surface area contributed by atoms with Gasteiger partial charge in [-0.25, -0.2) is 0 Å². The minimum atomic E-state index is -0.895. The van der Waals surface area contributed by atoms with E-state index in [1.54, 1.807) is 0 Å². The van der Waals surface area contributed by atoms with Gasteiger partial charge >= 0.3 is 5.97 Å². The van der Waals surface area contributed by atoms with Crippen molar-refractivity contribution in [2.24, 2.45) is 0 Å². The molecule has 0 aromatic rings. The van der Waals surface area contributed by atoms with E-state index in [1.807, 2.05) is 19.1 Å². The van der Waals surface area contributed by atoms with Crippen LogP contribution in [0.4, 0.5) is 0 Å². The monoisotopic (exact) mass is 245 g/mol. The van der Waals surface area contributed by atoms with E-state index in [9.17, 15) is 14.9 Å². The van der Waals surface area contributed by atoms with Crippen molar-refractivity contribution in [3.05, 3.63) is 22.3 Å². The van der Waals surface area contributed by atoms with E-state index in [0.29, 0.717) is 6.42 Å². The Morgan fingerprint density at radius 3 is 2.76 bits per heavy atom. The molecular weight excluding hydrogens is 226 g/mol. The van der Waals surface area contributed by atoms with Crippen LogP contribution in [0, 0.1) is 10.1 Å². The van der Waals surface area contributed by atoms with Gasteiger partial charge < -0.3 is 9.57 Å². The van der Waals surface area contributed by atoms with Crippen LogP contribution < -0.4 is 0 Å². The van der Waals surface area contributed by atoms with Gasteiger partial charge in [0, 0.05) is 6.42 Å². The topological polar surface area (TPSA) is 78.7 Å². The number of unbranched alkanes of at least 4 members (excludes halogenated alkanes) is 1. The molecule has 0 bridgehead atoms. The summed E-state index contributed by atoms with van der Waals surface area (Å²) in [5, 5.41) is 9.07. The average Bonchev–Trinajstić information content (AvgIpc) is 2.25. The summed E-state index contributed by atoms with van der Waals surface area (Å²) in [6.45, 7) is 3.42. The summed E-state index contributed by atoms with van der Waals surface area (Å²) >= 11 is 0. The number of carbonyl (C=O) groups excluding carboxylic acids is 1. The van der Waals surface area contributed by atoms with E-state index in [1.165, 1.54) is 6.92 Å². The van der Waals surface area contributed by atoms with Crippen LogP contribution in [-0.2, 0) is 14.4 Å². The van der Waals surface area contributed by atoms with Crippen LogP contribution >= 0.6 is 0 Å². The smallest absolute Gasteiger partial charge is 0.305 e. The lowest BCUT2D eigenvalue weighted by Gasteiger charge is -2.09. The minimum absolute atomic E-state index is 0.0926. The molecule has 0 heterocycles. The Balaban J connectivity index is 3.52. The van der Waals surface area contributed by atoms with Crippen LogP contribution in [0.5, 0.6) is 0 Å². The molecule has 0 N–H and O–H groups in total. The van der Waals surface area contributed by atoms with Crippen LogP contribution in [0.15, 0.2) is 12.2 Å². The fourth-order valence-corrected chi connectivity index (χ4v) is 1.11. The van der Waals surface area contributed by atoms with Crippen LogP contribution in [0.1, 0.15) is 39.5 Å². The lowest BCUT2D eigenvalue weighted by Crippen LogP contribution is -2.21. The number of esters is 1. The first-order valence-corrected chi connectivity index (χ1v) is 5.68. The van der Waals surface area contributed by atoms with Gasteiger partial charge in [0.15, 0.2) is 0 Å². The Morgan fingerprint density at radius 1 is 1.47 bits per heavy atom. The Hall–Kier alpha value is -1.59. The maximum absolute atomic E-state index is 11.2. The van der Waals surface area contributed by atoms with Gasteiger partial charge in [-0.2, -0.15) is 0 Å². The summed E-state index contributed by atoms with van der Waals surface area (Å²) in [5.74, 6) is -0.353. The lowest BCUT2D eigenvalue weighted by molar-refractivity contribution is -0.767. The largest absolute Gasteiger partial charge is 0.463 e. The molecule has 0 aliphatic rings. The Bertz CT molecular complexity index is 265. The fourth-order valence-electron chi connectivity index (χ4n) is 1.11. The van der Waals surface area contributed by atoms with Gasteiger partial charge in [0.25, 0.3) is 5.09 Å². The number of rotatable bonds is 9. The molecule has 0 amide bonds. The van der Waals surface area contributed by atoms with Crippen molar-refractivity contribution in [2.75, 3.05) is 6.61 Å². The first-order valence-electron chi connectivity index (χ1n) is 5.68. The zero-order valence-corrected chi connectivity index (χ0v) is 10.3. The SMILES string of the molecule is CCC=CCCCC(=O)OCC(C)O[N+](=O)[O-]. The summed E-state index contributed by atoms with van der Waals surface area (Å²) < 4.78 is 4.82. The molecule has 17 heavy (non-hydrogen) atoms. The van der Waals surface area contributed by atoms with Crippen molar-refractivity contribution in [3.8, 4) is 0 Å². The van der Waals surface area contributed by atoms with Crippen molar-refractivity contribution in [1.82, 2.24) is 0 Å². The number of allylic oxidation sites excluding steroid dienone is 2. The Morgan fingerprint density at radius 2 is 2.18 bits per heavy atom. The molecule has 0 rings (SSSR count). The third kappa shape index (κ3) is 10.7. The molecular formula is C11H19NO5. The first kappa shape index (κ1) is 15.4. The third-order valence-electron chi connectivity index (χ3n) is 1.90. The van der Waals surface area contributed by atoms with Gasteiger partial charge in [0.1, 0.15) is 12.7 Å². The predicted molar refractivity (Wildman–Crippen MR) is 61.8 cm³/mol. The molecule has 0 aromatic carbocycles. The van der Waals surface area contributed by atoms with Crippen molar-refractivity contribution in [1.29, 1.82) is 0 Å². The van der Waals surface area contributed by atoms with E-state index in [-0.39, 0.29) is 12.6 Å². The van der Waals surface area contributed by atoms with E-state index in [0.717, 1.165) is 19.3 Å². The second-order valence-electron chi connectivity index (χ2n) is 3.59. The van der Waals surface area contributed by atoms with Gasteiger partial charge in [-0.05, 0) is 26.2 Å². The molecule has 0 aliphatic carbocycles. The number of carbonyl (C=O) groups is 1. The molecule has 0 fully saturated rings. The first-order chi connectivity index (χ1) is 8.06. The van der Waals surface area contributed by atoms with Crippen LogP contribution in [-0.4, -0.2) is 23.8 Å². The molecule has 1 atom stereocenters. The summed E-state index contributed by atoms with van der Waals surface area (Å²) in [6.07, 6.45) is 6.20.